The Bertz CT molecular complexity index is 792. The molecule has 158 valence electrons. The van der Waals surface area contributed by atoms with Crippen LogP contribution in [0.5, 0.6) is 5.75 Å². The van der Waals surface area contributed by atoms with E-state index in [1.807, 2.05) is 0 Å². The van der Waals surface area contributed by atoms with Gasteiger partial charge in [-0.2, -0.15) is 17.6 Å². The van der Waals surface area contributed by atoms with Crippen LogP contribution in [-0.4, -0.2) is 17.6 Å². The number of hydroxylamine groups is 1. The minimum atomic E-state index is -4.84. The number of nitrogens with one attached hydrogen (secondary N) is 1. The van der Waals surface area contributed by atoms with Gasteiger partial charge in [0.2, 0.25) is 0 Å². The summed E-state index contributed by atoms with van der Waals surface area (Å²) in [5, 5.41) is 0.564. The SMILES string of the molecule is FC(F)=CC(F)(F)ON(Cc1ccccc1)NCc1ccc(OC(F)(F)F)cc1. The molecule has 0 saturated carbocycles. The summed E-state index contributed by atoms with van der Waals surface area (Å²) in [6.07, 6.45) is -12.4. The molecule has 0 heterocycles. The Hall–Kier alpha value is -2.63. The van der Waals surface area contributed by atoms with Gasteiger partial charge in [-0.25, -0.2) is 10.3 Å². The average molecular weight is 424 g/mol. The zero-order valence-electron chi connectivity index (χ0n) is 14.6. The highest BCUT2D eigenvalue weighted by Gasteiger charge is 2.33. The predicted molar refractivity (Wildman–Crippen MR) is 88.3 cm³/mol. The molecular formula is C18H15F7N2O2. The van der Waals surface area contributed by atoms with Crippen molar-refractivity contribution in [1.29, 1.82) is 0 Å². The van der Waals surface area contributed by atoms with Crippen molar-refractivity contribution in [2.24, 2.45) is 0 Å². The fraction of sp³-hybridized carbons (Fsp3) is 0.222. The zero-order chi connectivity index (χ0) is 21.5. The lowest BCUT2D eigenvalue weighted by Crippen LogP contribution is -2.42. The van der Waals surface area contributed by atoms with Crippen molar-refractivity contribution < 1.29 is 40.3 Å². The fourth-order valence-electron chi connectivity index (χ4n) is 2.16. The van der Waals surface area contributed by atoms with Gasteiger partial charge in [-0.1, -0.05) is 42.5 Å². The summed E-state index contributed by atoms with van der Waals surface area (Å²) in [7, 11) is 0. The summed E-state index contributed by atoms with van der Waals surface area (Å²) in [6.45, 7) is -0.371. The standard InChI is InChI=1S/C18H15F7N2O2/c19-16(20)10-17(21,22)29-27(12-14-4-2-1-3-5-14)26-11-13-6-8-15(9-7-13)28-18(23,24)25/h1-10,26H,11-12H2. The van der Waals surface area contributed by atoms with E-state index < -0.39 is 30.4 Å². The van der Waals surface area contributed by atoms with Gasteiger partial charge in [0.15, 0.2) is 0 Å². The first kappa shape index (κ1) is 22.7. The summed E-state index contributed by atoms with van der Waals surface area (Å²) in [5.74, 6) is -0.450. The highest BCUT2D eigenvalue weighted by molar-refractivity contribution is 5.27. The number of alkyl halides is 5. The number of hydrazine groups is 1. The van der Waals surface area contributed by atoms with E-state index >= 15 is 0 Å². The molecule has 0 aliphatic rings. The van der Waals surface area contributed by atoms with Crippen molar-refractivity contribution in [3.63, 3.8) is 0 Å². The molecule has 0 fully saturated rings. The van der Waals surface area contributed by atoms with Gasteiger partial charge in [-0.05, 0) is 23.3 Å². The summed E-state index contributed by atoms with van der Waals surface area (Å²) in [6, 6.07) is 12.8. The minimum Gasteiger partial charge on any atom is -0.406 e. The molecule has 2 aromatic rings. The Morgan fingerprint density at radius 2 is 1.52 bits per heavy atom. The molecule has 0 spiro atoms. The number of rotatable bonds is 9. The van der Waals surface area contributed by atoms with Crippen LogP contribution in [-0.2, 0) is 17.9 Å². The van der Waals surface area contributed by atoms with E-state index in [1.165, 1.54) is 12.1 Å². The van der Waals surface area contributed by atoms with Crippen LogP contribution in [0.25, 0.3) is 0 Å². The van der Waals surface area contributed by atoms with E-state index in [0.717, 1.165) is 12.1 Å². The highest BCUT2D eigenvalue weighted by atomic mass is 19.4. The number of nitrogens with zero attached hydrogens (tertiary/aromatic N) is 1. The molecule has 0 bridgehead atoms. The Morgan fingerprint density at radius 1 is 0.897 bits per heavy atom. The van der Waals surface area contributed by atoms with Gasteiger partial charge in [0, 0.05) is 6.54 Å². The predicted octanol–water partition coefficient (Wildman–Crippen LogP) is 5.40. The lowest BCUT2D eigenvalue weighted by molar-refractivity contribution is -0.354. The third-order valence-electron chi connectivity index (χ3n) is 3.29. The third-order valence-corrected chi connectivity index (χ3v) is 3.29. The van der Waals surface area contributed by atoms with Crippen molar-refractivity contribution in [3.8, 4) is 5.75 Å². The quantitative estimate of drug-likeness (QED) is 0.432. The summed E-state index contributed by atoms with van der Waals surface area (Å²) < 4.78 is 91.8. The van der Waals surface area contributed by atoms with Crippen molar-refractivity contribution >= 4 is 0 Å². The largest absolute Gasteiger partial charge is 0.573 e. The first-order valence-corrected chi connectivity index (χ1v) is 8.03. The van der Waals surface area contributed by atoms with E-state index in [-0.39, 0.29) is 13.1 Å². The van der Waals surface area contributed by atoms with Crippen LogP contribution in [0, 0.1) is 0 Å². The molecule has 2 rings (SSSR count). The molecule has 11 heteroatoms. The molecule has 4 nitrogen and oxygen atoms in total. The Balaban J connectivity index is 2.05. The van der Waals surface area contributed by atoms with Crippen molar-refractivity contribution in [2.45, 2.75) is 25.6 Å². The highest BCUT2D eigenvalue weighted by Crippen LogP contribution is 2.24. The number of ether oxygens (including phenoxy) is 1. The van der Waals surface area contributed by atoms with Crippen molar-refractivity contribution in [2.75, 3.05) is 0 Å². The maximum Gasteiger partial charge on any atom is 0.573 e. The second-order valence-electron chi connectivity index (χ2n) is 5.64. The van der Waals surface area contributed by atoms with Gasteiger partial charge in [0.1, 0.15) is 5.75 Å². The fourth-order valence-corrected chi connectivity index (χ4v) is 2.16. The molecule has 2 aromatic carbocycles. The monoisotopic (exact) mass is 424 g/mol. The molecule has 0 radical (unpaired) electrons. The van der Waals surface area contributed by atoms with Gasteiger partial charge in [0.25, 0.3) is 6.08 Å². The number of hydrogen-bond donors (Lipinski definition) is 1. The van der Waals surface area contributed by atoms with E-state index in [9.17, 15) is 30.7 Å². The number of halogens is 7. The van der Waals surface area contributed by atoms with Gasteiger partial charge in [-0.3, -0.25) is 0 Å². The number of benzene rings is 2. The van der Waals surface area contributed by atoms with Crippen LogP contribution in [0.4, 0.5) is 30.7 Å². The van der Waals surface area contributed by atoms with Crippen LogP contribution >= 0.6 is 0 Å². The van der Waals surface area contributed by atoms with Gasteiger partial charge in [0.05, 0.1) is 12.6 Å². The second-order valence-corrected chi connectivity index (χ2v) is 5.64. The summed E-state index contributed by atoms with van der Waals surface area (Å²) in [5.41, 5.74) is 3.41. The topological polar surface area (TPSA) is 33.7 Å². The van der Waals surface area contributed by atoms with E-state index in [0.29, 0.717) is 16.3 Å². The van der Waals surface area contributed by atoms with Crippen molar-refractivity contribution in [3.05, 3.63) is 77.9 Å². The normalized spacial score (nSPS) is 12.1. The summed E-state index contributed by atoms with van der Waals surface area (Å²) >= 11 is 0. The van der Waals surface area contributed by atoms with Crippen LogP contribution in [0.1, 0.15) is 11.1 Å². The molecule has 0 aromatic heterocycles. The van der Waals surface area contributed by atoms with Gasteiger partial charge in [-0.15, -0.1) is 18.3 Å². The lowest BCUT2D eigenvalue weighted by atomic mass is 10.2. The lowest BCUT2D eigenvalue weighted by Gasteiger charge is -2.25. The molecule has 0 atom stereocenters. The van der Waals surface area contributed by atoms with Gasteiger partial charge >= 0.3 is 12.5 Å². The smallest absolute Gasteiger partial charge is 0.406 e. The molecular weight excluding hydrogens is 409 g/mol. The first-order chi connectivity index (χ1) is 13.5. The van der Waals surface area contributed by atoms with E-state index in [1.54, 1.807) is 30.3 Å². The molecule has 0 amide bonds. The third kappa shape index (κ3) is 8.94. The summed E-state index contributed by atoms with van der Waals surface area (Å²) in [4.78, 5) is 4.32. The van der Waals surface area contributed by atoms with Gasteiger partial charge < -0.3 is 4.74 Å². The molecule has 0 aliphatic carbocycles. The average Bonchev–Trinajstić information content (AvgIpc) is 2.59. The van der Waals surface area contributed by atoms with Crippen LogP contribution < -0.4 is 10.2 Å². The molecule has 0 aliphatic heterocycles. The van der Waals surface area contributed by atoms with Crippen LogP contribution in [0.15, 0.2) is 66.8 Å². The van der Waals surface area contributed by atoms with Crippen LogP contribution in [0.2, 0.25) is 0 Å². The van der Waals surface area contributed by atoms with E-state index in [2.05, 4.69) is 15.0 Å². The maximum atomic E-state index is 13.6. The number of hydrogen-bond acceptors (Lipinski definition) is 4. The maximum absolute atomic E-state index is 13.6. The Morgan fingerprint density at radius 3 is 2.07 bits per heavy atom. The van der Waals surface area contributed by atoms with Crippen LogP contribution in [0.3, 0.4) is 0 Å². The molecule has 29 heavy (non-hydrogen) atoms. The minimum absolute atomic E-state index is 0.142. The molecule has 1 N–H and O–H groups in total. The molecule has 0 saturated heterocycles. The van der Waals surface area contributed by atoms with E-state index in [4.69, 9.17) is 0 Å². The first-order valence-electron chi connectivity index (χ1n) is 8.03. The Labute approximate surface area is 161 Å². The Kier molecular flexibility index (Phi) is 7.59. The van der Waals surface area contributed by atoms with Crippen molar-refractivity contribution in [1.82, 2.24) is 10.6 Å². The second kappa shape index (κ2) is 9.72. The molecule has 0 unspecified atom stereocenters. The zero-order valence-corrected chi connectivity index (χ0v) is 14.6.